The lowest BCUT2D eigenvalue weighted by molar-refractivity contribution is -0.164. The number of hydrogen-bond acceptors (Lipinski definition) is 6. The molecular formula is C28H44N2O6. The van der Waals surface area contributed by atoms with E-state index in [4.69, 9.17) is 9.47 Å². The number of carbonyl (C=O) groups excluding carboxylic acids is 3. The fourth-order valence-corrected chi connectivity index (χ4v) is 6.69. The van der Waals surface area contributed by atoms with Gasteiger partial charge in [0.1, 0.15) is 24.2 Å². The maximum absolute atomic E-state index is 14.4. The SMILES string of the molecule is C=CCOC(=O)[C@@H]1[C@H]2C(=O)N([C@@H](CO)[C@@H](C)CC)C(C(=O)N(CC=C)C(C)(C)C)C23CC(C)[C@@]1(C)O3. The molecule has 3 saturated heterocycles. The van der Waals surface area contributed by atoms with E-state index < -0.39 is 46.6 Å². The molecule has 2 bridgehead atoms. The Morgan fingerprint density at radius 3 is 2.47 bits per heavy atom. The molecule has 8 heteroatoms. The number of amides is 2. The summed E-state index contributed by atoms with van der Waals surface area (Å²) in [5, 5.41) is 10.5. The summed E-state index contributed by atoms with van der Waals surface area (Å²) < 4.78 is 12.2. The van der Waals surface area contributed by atoms with Gasteiger partial charge in [0.05, 0.1) is 24.2 Å². The summed E-state index contributed by atoms with van der Waals surface area (Å²) in [7, 11) is 0. The van der Waals surface area contributed by atoms with Crippen LogP contribution in [0.2, 0.25) is 0 Å². The number of likely N-dealkylation sites (tertiary alicyclic amines) is 1. The summed E-state index contributed by atoms with van der Waals surface area (Å²) in [5.41, 5.74) is -2.68. The van der Waals surface area contributed by atoms with Gasteiger partial charge in [-0.1, -0.05) is 45.9 Å². The van der Waals surface area contributed by atoms with Gasteiger partial charge in [0.25, 0.3) is 0 Å². The highest BCUT2D eigenvalue weighted by atomic mass is 16.6. The average molecular weight is 505 g/mol. The van der Waals surface area contributed by atoms with Crippen LogP contribution < -0.4 is 0 Å². The monoisotopic (exact) mass is 504 g/mol. The number of rotatable bonds is 10. The number of aliphatic hydroxyl groups is 1. The van der Waals surface area contributed by atoms with Gasteiger partial charge >= 0.3 is 5.97 Å². The molecule has 3 unspecified atom stereocenters. The van der Waals surface area contributed by atoms with Crippen LogP contribution in [-0.2, 0) is 23.9 Å². The minimum absolute atomic E-state index is 0.0308. The van der Waals surface area contributed by atoms with Gasteiger partial charge in [0, 0.05) is 12.1 Å². The molecule has 1 spiro atoms. The largest absolute Gasteiger partial charge is 0.461 e. The highest BCUT2D eigenvalue weighted by molar-refractivity contribution is 5.99. The average Bonchev–Trinajstić information content (AvgIpc) is 3.32. The van der Waals surface area contributed by atoms with E-state index in [9.17, 15) is 19.5 Å². The van der Waals surface area contributed by atoms with Crippen LogP contribution in [0.1, 0.15) is 61.3 Å². The Balaban J connectivity index is 2.22. The minimum atomic E-state index is -1.19. The van der Waals surface area contributed by atoms with Crippen molar-refractivity contribution in [1.82, 2.24) is 9.80 Å². The number of nitrogens with zero attached hydrogens (tertiary/aromatic N) is 2. The second-order valence-electron chi connectivity index (χ2n) is 11.9. The summed E-state index contributed by atoms with van der Waals surface area (Å²) in [6.45, 7) is 21.1. The molecule has 202 valence electrons. The summed E-state index contributed by atoms with van der Waals surface area (Å²) in [6, 6.07) is -1.56. The topological polar surface area (TPSA) is 96.4 Å². The number of aliphatic hydroxyl groups excluding tert-OH is 1. The fourth-order valence-electron chi connectivity index (χ4n) is 6.69. The van der Waals surface area contributed by atoms with E-state index in [1.54, 1.807) is 15.9 Å². The molecule has 3 rings (SSSR count). The predicted octanol–water partition coefficient (Wildman–Crippen LogP) is 2.95. The molecule has 0 saturated carbocycles. The molecule has 3 fully saturated rings. The van der Waals surface area contributed by atoms with E-state index in [-0.39, 0.29) is 36.9 Å². The van der Waals surface area contributed by atoms with Crippen LogP contribution in [-0.4, -0.2) is 81.3 Å². The van der Waals surface area contributed by atoms with Crippen molar-refractivity contribution in [3.05, 3.63) is 25.3 Å². The lowest BCUT2D eigenvalue weighted by Crippen LogP contribution is -2.62. The predicted molar refractivity (Wildman–Crippen MR) is 137 cm³/mol. The van der Waals surface area contributed by atoms with Gasteiger partial charge in [0.15, 0.2) is 0 Å². The normalized spacial score (nSPS) is 34.8. The van der Waals surface area contributed by atoms with Gasteiger partial charge in [-0.2, -0.15) is 0 Å². The zero-order valence-corrected chi connectivity index (χ0v) is 23.0. The Kier molecular flexibility index (Phi) is 7.83. The first-order valence-corrected chi connectivity index (χ1v) is 13.1. The molecule has 1 N–H and O–H groups in total. The minimum Gasteiger partial charge on any atom is -0.461 e. The van der Waals surface area contributed by atoms with E-state index in [1.807, 2.05) is 48.5 Å². The first-order chi connectivity index (χ1) is 16.8. The van der Waals surface area contributed by atoms with Crippen molar-refractivity contribution in [2.45, 2.75) is 90.1 Å². The fraction of sp³-hybridized carbons (Fsp3) is 0.750. The first-order valence-electron chi connectivity index (χ1n) is 13.1. The Morgan fingerprint density at radius 1 is 1.33 bits per heavy atom. The quantitative estimate of drug-likeness (QED) is 0.363. The van der Waals surface area contributed by atoms with E-state index in [1.165, 1.54) is 6.08 Å². The Morgan fingerprint density at radius 2 is 1.97 bits per heavy atom. The van der Waals surface area contributed by atoms with Crippen LogP contribution in [0.25, 0.3) is 0 Å². The second-order valence-corrected chi connectivity index (χ2v) is 11.9. The maximum Gasteiger partial charge on any atom is 0.313 e. The van der Waals surface area contributed by atoms with Crippen LogP contribution in [0, 0.1) is 23.7 Å². The third-order valence-corrected chi connectivity index (χ3v) is 8.82. The summed E-state index contributed by atoms with van der Waals surface area (Å²) >= 11 is 0. The van der Waals surface area contributed by atoms with E-state index in [0.29, 0.717) is 19.4 Å². The van der Waals surface area contributed by atoms with Crippen molar-refractivity contribution in [1.29, 1.82) is 0 Å². The molecule has 0 aromatic carbocycles. The van der Waals surface area contributed by atoms with E-state index in [0.717, 1.165) is 0 Å². The number of carbonyl (C=O) groups is 3. The third-order valence-electron chi connectivity index (χ3n) is 8.82. The molecule has 0 aromatic heterocycles. The Hall–Kier alpha value is -2.19. The van der Waals surface area contributed by atoms with Gasteiger partial charge in [-0.05, 0) is 46.0 Å². The molecule has 3 aliphatic rings. The number of fused-ring (bicyclic) bond motifs is 1. The summed E-state index contributed by atoms with van der Waals surface area (Å²) in [6.07, 6.45) is 4.33. The van der Waals surface area contributed by atoms with Crippen molar-refractivity contribution in [3.63, 3.8) is 0 Å². The van der Waals surface area contributed by atoms with Crippen molar-refractivity contribution < 1.29 is 29.0 Å². The number of ether oxygens (including phenoxy) is 2. The lowest BCUT2D eigenvalue weighted by Gasteiger charge is -2.44. The standard InChI is InChI=1S/C28H44N2O6/c1-10-13-29(26(6,7)8)24(33)22-28-15-18(5)27(9,36-28)21(25(34)35-14-11-2)20(28)23(32)30(22)19(16-31)17(4)12-3/h10-11,17-22,31H,1-2,12-16H2,3-9H3/t17-,18?,19-,20-,21-,22?,27+,28?/m0/s1. The molecule has 2 amide bonds. The number of hydrogen-bond donors (Lipinski definition) is 1. The molecule has 0 radical (unpaired) electrons. The first kappa shape index (κ1) is 28.4. The van der Waals surface area contributed by atoms with Crippen LogP contribution in [0.5, 0.6) is 0 Å². The highest BCUT2D eigenvalue weighted by Crippen LogP contribution is 2.66. The van der Waals surface area contributed by atoms with Crippen molar-refractivity contribution in [2.75, 3.05) is 19.8 Å². The molecule has 8 nitrogen and oxygen atoms in total. The zero-order chi connectivity index (χ0) is 27.2. The molecule has 0 aliphatic carbocycles. The van der Waals surface area contributed by atoms with Crippen LogP contribution in [0.15, 0.2) is 25.3 Å². The Bertz CT molecular complexity index is 912. The maximum atomic E-state index is 14.4. The Labute approximate surface area is 215 Å². The van der Waals surface area contributed by atoms with Crippen molar-refractivity contribution >= 4 is 17.8 Å². The highest BCUT2D eigenvalue weighted by Gasteiger charge is 2.81. The smallest absolute Gasteiger partial charge is 0.313 e. The summed E-state index contributed by atoms with van der Waals surface area (Å²) in [5.74, 6) is -2.96. The molecule has 0 aromatic rings. The van der Waals surface area contributed by atoms with Crippen molar-refractivity contribution in [3.8, 4) is 0 Å². The van der Waals surface area contributed by atoms with Crippen molar-refractivity contribution in [2.24, 2.45) is 23.7 Å². The van der Waals surface area contributed by atoms with Crippen LogP contribution in [0.3, 0.4) is 0 Å². The van der Waals surface area contributed by atoms with Gasteiger partial charge in [0.2, 0.25) is 11.8 Å². The third kappa shape index (κ3) is 4.10. The van der Waals surface area contributed by atoms with Crippen LogP contribution in [0.4, 0.5) is 0 Å². The molecule has 3 heterocycles. The van der Waals surface area contributed by atoms with Gasteiger partial charge in [-0.25, -0.2) is 0 Å². The molecular weight excluding hydrogens is 460 g/mol. The number of esters is 1. The van der Waals surface area contributed by atoms with Gasteiger partial charge in [-0.3, -0.25) is 14.4 Å². The van der Waals surface area contributed by atoms with Gasteiger partial charge < -0.3 is 24.4 Å². The summed E-state index contributed by atoms with van der Waals surface area (Å²) in [4.78, 5) is 45.4. The molecule has 8 atom stereocenters. The van der Waals surface area contributed by atoms with Crippen LogP contribution >= 0.6 is 0 Å². The lowest BCUT2D eigenvalue weighted by atomic mass is 9.62. The van der Waals surface area contributed by atoms with Gasteiger partial charge in [-0.15, -0.1) is 6.58 Å². The van der Waals surface area contributed by atoms with E-state index in [2.05, 4.69) is 13.2 Å². The second kappa shape index (κ2) is 9.93. The zero-order valence-electron chi connectivity index (χ0n) is 23.0. The molecule has 3 aliphatic heterocycles. The molecule has 36 heavy (non-hydrogen) atoms. The van der Waals surface area contributed by atoms with E-state index >= 15 is 0 Å².